The van der Waals surface area contributed by atoms with Crippen LogP contribution in [0.2, 0.25) is 0 Å². The van der Waals surface area contributed by atoms with Crippen LogP contribution in [0.1, 0.15) is 18.5 Å². The van der Waals surface area contributed by atoms with Gasteiger partial charge >= 0.3 is 0 Å². The van der Waals surface area contributed by atoms with Crippen molar-refractivity contribution < 1.29 is 9.84 Å². The molecule has 0 fully saturated rings. The Kier molecular flexibility index (Phi) is 3.65. The number of pyridine rings is 1. The minimum absolute atomic E-state index is 0.00508. The Labute approximate surface area is 84.1 Å². The quantitative estimate of drug-likeness (QED) is 0.741. The van der Waals surface area contributed by atoms with Crippen LogP contribution in [0.15, 0.2) is 30.5 Å². The van der Waals surface area contributed by atoms with Gasteiger partial charge in [0.15, 0.2) is 0 Å². The Morgan fingerprint density at radius 1 is 1.64 bits per heavy atom. The van der Waals surface area contributed by atoms with Crippen molar-refractivity contribution in [3.8, 4) is 5.75 Å². The average molecular weight is 193 g/mol. The van der Waals surface area contributed by atoms with Crippen LogP contribution < -0.4 is 4.74 Å². The van der Waals surface area contributed by atoms with Crippen LogP contribution in [0.5, 0.6) is 5.75 Å². The average Bonchev–Trinajstić information content (AvgIpc) is 2.27. The highest BCUT2D eigenvalue weighted by atomic mass is 16.5. The first-order chi connectivity index (χ1) is 6.69. The molecule has 0 saturated carbocycles. The van der Waals surface area contributed by atoms with Gasteiger partial charge in [0.2, 0.25) is 0 Å². The Morgan fingerprint density at radius 2 is 2.36 bits per heavy atom. The topological polar surface area (TPSA) is 42.4 Å². The highest BCUT2D eigenvalue weighted by Gasteiger charge is 2.09. The zero-order valence-corrected chi connectivity index (χ0v) is 8.53. The van der Waals surface area contributed by atoms with Crippen LogP contribution in [0, 0.1) is 0 Å². The minimum Gasteiger partial charge on any atom is -0.495 e. The van der Waals surface area contributed by atoms with E-state index in [2.05, 4.69) is 11.6 Å². The normalized spacial score (nSPS) is 12.2. The van der Waals surface area contributed by atoms with Gasteiger partial charge in [-0.05, 0) is 17.7 Å². The number of hydrogen-bond donors (Lipinski definition) is 1. The lowest BCUT2D eigenvalue weighted by Crippen LogP contribution is -2.03. The molecular weight excluding hydrogens is 178 g/mol. The molecule has 1 unspecified atom stereocenters. The second-order valence-corrected chi connectivity index (χ2v) is 3.16. The van der Waals surface area contributed by atoms with Crippen molar-refractivity contribution in [2.24, 2.45) is 0 Å². The van der Waals surface area contributed by atoms with Crippen LogP contribution in [0.25, 0.3) is 0 Å². The Bertz CT molecular complexity index is 306. The van der Waals surface area contributed by atoms with Crippen LogP contribution in [0.3, 0.4) is 0 Å². The van der Waals surface area contributed by atoms with E-state index >= 15 is 0 Å². The number of aliphatic hydroxyl groups excluding tert-OH is 1. The fourth-order valence-corrected chi connectivity index (χ4v) is 1.11. The first-order valence-electron chi connectivity index (χ1n) is 4.47. The molecule has 3 nitrogen and oxygen atoms in total. The van der Waals surface area contributed by atoms with Gasteiger partial charge in [0.05, 0.1) is 19.9 Å². The van der Waals surface area contributed by atoms with Crippen molar-refractivity contribution in [1.82, 2.24) is 4.98 Å². The number of hydrogen-bond acceptors (Lipinski definition) is 3. The standard InChI is InChI=1S/C11H15NO2/c1-8(7-13)9(2)11-5-4-10(14-3)6-12-11/h4-6,9,13H,1,7H2,2-3H3. The number of nitrogens with zero attached hydrogens (tertiary/aromatic N) is 1. The molecular formula is C11H15NO2. The molecule has 3 heteroatoms. The van der Waals surface area contributed by atoms with Gasteiger partial charge in [0, 0.05) is 11.6 Å². The van der Waals surface area contributed by atoms with Gasteiger partial charge < -0.3 is 9.84 Å². The molecule has 0 saturated heterocycles. The zero-order valence-electron chi connectivity index (χ0n) is 8.53. The fraction of sp³-hybridized carbons (Fsp3) is 0.364. The van der Waals surface area contributed by atoms with Crippen molar-refractivity contribution in [3.63, 3.8) is 0 Å². The monoisotopic (exact) mass is 193 g/mol. The third kappa shape index (κ3) is 2.33. The van der Waals surface area contributed by atoms with Crippen molar-refractivity contribution in [1.29, 1.82) is 0 Å². The first-order valence-corrected chi connectivity index (χ1v) is 4.47. The van der Waals surface area contributed by atoms with Crippen molar-refractivity contribution in [2.45, 2.75) is 12.8 Å². The maximum absolute atomic E-state index is 8.92. The molecule has 1 aromatic heterocycles. The zero-order chi connectivity index (χ0) is 10.6. The molecule has 1 heterocycles. The van der Waals surface area contributed by atoms with E-state index < -0.39 is 0 Å². The molecule has 1 aromatic rings. The summed E-state index contributed by atoms with van der Waals surface area (Å²) in [6.07, 6.45) is 1.66. The molecule has 0 aliphatic heterocycles. The molecule has 1 N–H and O–H groups in total. The van der Waals surface area contributed by atoms with Gasteiger partial charge in [-0.2, -0.15) is 0 Å². The molecule has 0 aliphatic carbocycles. The van der Waals surface area contributed by atoms with E-state index in [1.54, 1.807) is 13.3 Å². The summed E-state index contributed by atoms with van der Waals surface area (Å²) in [6, 6.07) is 3.73. The molecule has 0 aliphatic rings. The van der Waals surface area contributed by atoms with Crippen LogP contribution in [-0.4, -0.2) is 23.8 Å². The number of aliphatic hydroxyl groups is 1. The Hall–Kier alpha value is -1.35. The lowest BCUT2D eigenvalue weighted by Gasteiger charge is -2.12. The van der Waals surface area contributed by atoms with Crippen molar-refractivity contribution >= 4 is 0 Å². The summed E-state index contributed by atoms with van der Waals surface area (Å²) in [7, 11) is 1.60. The minimum atomic E-state index is -0.00508. The molecule has 0 bridgehead atoms. The number of ether oxygens (including phenoxy) is 1. The molecule has 0 radical (unpaired) electrons. The van der Waals surface area contributed by atoms with E-state index in [-0.39, 0.29) is 12.5 Å². The predicted molar refractivity (Wildman–Crippen MR) is 55.4 cm³/mol. The lowest BCUT2D eigenvalue weighted by molar-refractivity contribution is 0.324. The van der Waals surface area contributed by atoms with Gasteiger partial charge in [-0.1, -0.05) is 13.5 Å². The van der Waals surface area contributed by atoms with E-state index in [1.807, 2.05) is 19.1 Å². The van der Waals surface area contributed by atoms with Gasteiger partial charge in [0.25, 0.3) is 0 Å². The molecule has 14 heavy (non-hydrogen) atoms. The number of aromatic nitrogens is 1. The summed E-state index contributed by atoms with van der Waals surface area (Å²) in [4.78, 5) is 4.22. The van der Waals surface area contributed by atoms with Crippen molar-refractivity contribution in [2.75, 3.05) is 13.7 Å². The summed E-state index contributed by atoms with van der Waals surface area (Å²) < 4.78 is 5.00. The molecule has 1 atom stereocenters. The molecule has 0 aromatic carbocycles. The maximum atomic E-state index is 8.92. The third-order valence-corrected chi connectivity index (χ3v) is 2.25. The second kappa shape index (κ2) is 4.77. The maximum Gasteiger partial charge on any atom is 0.137 e. The molecule has 1 rings (SSSR count). The SMILES string of the molecule is C=C(CO)C(C)c1ccc(OC)cn1. The number of rotatable bonds is 4. The van der Waals surface area contributed by atoms with Gasteiger partial charge in [-0.3, -0.25) is 4.98 Å². The Balaban J connectivity index is 2.81. The highest BCUT2D eigenvalue weighted by Crippen LogP contribution is 2.21. The smallest absolute Gasteiger partial charge is 0.137 e. The molecule has 0 spiro atoms. The summed E-state index contributed by atoms with van der Waals surface area (Å²) in [6.45, 7) is 5.73. The van der Waals surface area contributed by atoms with Crippen LogP contribution in [0.4, 0.5) is 0 Å². The van der Waals surface area contributed by atoms with E-state index in [1.165, 1.54) is 0 Å². The van der Waals surface area contributed by atoms with Gasteiger partial charge in [-0.15, -0.1) is 0 Å². The first kappa shape index (κ1) is 10.7. The van der Waals surface area contributed by atoms with Crippen LogP contribution in [-0.2, 0) is 0 Å². The van der Waals surface area contributed by atoms with Crippen molar-refractivity contribution in [3.05, 3.63) is 36.2 Å². The van der Waals surface area contributed by atoms with Gasteiger partial charge in [-0.25, -0.2) is 0 Å². The van der Waals surface area contributed by atoms with Gasteiger partial charge in [0.1, 0.15) is 5.75 Å². The molecule has 0 amide bonds. The number of methoxy groups -OCH3 is 1. The largest absolute Gasteiger partial charge is 0.495 e. The highest BCUT2D eigenvalue weighted by molar-refractivity contribution is 5.25. The van der Waals surface area contributed by atoms with Crippen LogP contribution >= 0.6 is 0 Å². The summed E-state index contributed by atoms with van der Waals surface area (Å²) in [5.41, 5.74) is 1.66. The predicted octanol–water partition coefficient (Wildman–Crippen LogP) is 1.74. The molecule has 76 valence electrons. The Morgan fingerprint density at radius 3 is 2.79 bits per heavy atom. The third-order valence-electron chi connectivity index (χ3n) is 2.25. The second-order valence-electron chi connectivity index (χ2n) is 3.16. The van der Waals surface area contributed by atoms with E-state index in [0.29, 0.717) is 0 Å². The van der Waals surface area contributed by atoms with E-state index in [0.717, 1.165) is 17.0 Å². The summed E-state index contributed by atoms with van der Waals surface area (Å²) in [5.74, 6) is 0.807. The summed E-state index contributed by atoms with van der Waals surface area (Å²) >= 11 is 0. The van der Waals surface area contributed by atoms with E-state index in [9.17, 15) is 0 Å². The lowest BCUT2D eigenvalue weighted by atomic mass is 9.99. The summed E-state index contributed by atoms with van der Waals surface area (Å²) in [5, 5.41) is 8.92. The fourth-order valence-electron chi connectivity index (χ4n) is 1.11. The van der Waals surface area contributed by atoms with E-state index in [4.69, 9.17) is 9.84 Å².